The molecule has 2 fully saturated rings. The number of piperidine rings is 2. The van der Waals surface area contributed by atoms with Gasteiger partial charge in [-0.05, 0) is 25.7 Å². The van der Waals surface area contributed by atoms with Crippen molar-refractivity contribution in [1.82, 2.24) is 30.4 Å². The maximum absolute atomic E-state index is 5.72. The number of hydrogen-bond acceptors (Lipinski definition) is 12. The zero-order valence-corrected chi connectivity index (χ0v) is 24.1. The fourth-order valence-electron chi connectivity index (χ4n) is 5.32. The van der Waals surface area contributed by atoms with Crippen molar-refractivity contribution >= 4 is 23.5 Å². The van der Waals surface area contributed by atoms with Gasteiger partial charge in [-0.1, -0.05) is 60.7 Å². The lowest BCUT2D eigenvalue weighted by molar-refractivity contribution is 0.0890. The van der Waals surface area contributed by atoms with Crippen LogP contribution in [0.1, 0.15) is 25.7 Å². The third kappa shape index (κ3) is 7.07. The number of nitrogens with two attached hydrogens (primary N) is 2. The average Bonchev–Trinajstić information content (AvgIpc) is 3.06. The van der Waals surface area contributed by atoms with E-state index in [4.69, 9.17) is 20.9 Å². The zero-order valence-electron chi connectivity index (χ0n) is 24.1. The van der Waals surface area contributed by atoms with Gasteiger partial charge >= 0.3 is 0 Å². The third-order valence-corrected chi connectivity index (χ3v) is 7.49. The number of nitrogen functional groups attached to an aromatic ring is 2. The summed E-state index contributed by atoms with van der Waals surface area (Å²) >= 11 is 0. The van der Waals surface area contributed by atoms with Gasteiger partial charge in [0, 0.05) is 51.5 Å². The first kappa shape index (κ1) is 29.1. The summed E-state index contributed by atoms with van der Waals surface area (Å²) in [6.07, 6.45) is 4.73. The molecular formula is C30H38N10O2. The van der Waals surface area contributed by atoms with Crippen LogP contribution in [0.3, 0.4) is 0 Å². The number of anilines is 4. The Balaban J connectivity index is 0.000000168. The predicted molar refractivity (Wildman–Crippen MR) is 164 cm³/mol. The van der Waals surface area contributed by atoms with Gasteiger partial charge in [0.1, 0.15) is 11.4 Å². The molecule has 42 heavy (non-hydrogen) atoms. The monoisotopic (exact) mass is 570 g/mol. The molecule has 0 radical (unpaired) electrons. The van der Waals surface area contributed by atoms with Crippen molar-refractivity contribution in [3.05, 3.63) is 60.7 Å². The van der Waals surface area contributed by atoms with Crippen LogP contribution < -0.4 is 21.3 Å². The van der Waals surface area contributed by atoms with Gasteiger partial charge in [0.25, 0.3) is 0 Å². The van der Waals surface area contributed by atoms with E-state index in [-0.39, 0.29) is 24.1 Å². The molecule has 12 nitrogen and oxygen atoms in total. The van der Waals surface area contributed by atoms with E-state index in [0.29, 0.717) is 0 Å². The summed E-state index contributed by atoms with van der Waals surface area (Å²) in [5.41, 5.74) is 15.0. The van der Waals surface area contributed by atoms with Gasteiger partial charge in [0.15, 0.2) is 11.6 Å². The lowest BCUT2D eigenvalue weighted by Crippen LogP contribution is -2.40. The fraction of sp³-hybridized carbons (Fsp3) is 0.400. The molecule has 12 heteroatoms. The molecule has 220 valence electrons. The summed E-state index contributed by atoms with van der Waals surface area (Å²) in [5, 5.41) is 16.4. The predicted octanol–water partition coefficient (Wildman–Crippen LogP) is 3.47. The number of benzene rings is 2. The molecule has 6 rings (SSSR count). The quantitative estimate of drug-likeness (QED) is 0.349. The fourth-order valence-corrected chi connectivity index (χ4v) is 5.32. The van der Waals surface area contributed by atoms with Gasteiger partial charge in [-0.25, -0.2) is 9.97 Å². The van der Waals surface area contributed by atoms with E-state index in [1.807, 2.05) is 60.7 Å². The van der Waals surface area contributed by atoms with E-state index in [1.54, 1.807) is 14.2 Å². The van der Waals surface area contributed by atoms with Crippen LogP contribution >= 0.6 is 0 Å². The Morgan fingerprint density at radius 1 is 0.619 bits per heavy atom. The molecule has 4 heterocycles. The van der Waals surface area contributed by atoms with Crippen LogP contribution in [0.5, 0.6) is 0 Å². The van der Waals surface area contributed by atoms with Crippen LogP contribution in [0.2, 0.25) is 0 Å². The second-order valence-electron chi connectivity index (χ2n) is 10.3. The minimum absolute atomic E-state index is 0.193. The molecule has 0 amide bonds. The lowest BCUT2D eigenvalue weighted by atomic mass is 10.1. The SMILES string of the molecule is COC1CCCN(c2nnc(N)nc2-c2ccccc2)C1.COC1CCCN(c2nnc(N)nc2-c2ccccc2)C1. The van der Waals surface area contributed by atoms with Gasteiger partial charge < -0.3 is 30.7 Å². The third-order valence-electron chi connectivity index (χ3n) is 7.49. The molecule has 0 saturated carbocycles. The Morgan fingerprint density at radius 2 is 1.02 bits per heavy atom. The second-order valence-corrected chi connectivity index (χ2v) is 10.3. The number of ether oxygens (including phenoxy) is 2. The van der Waals surface area contributed by atoms with Gasteiger partial charge in [0.05, 0.1) is 12.2 Å². The second kappa shape index (κ2) is 14.0. The van der Waals surface area contributed by atoms with Crippen molar-refractivity contribution in [2.24, 2.45) is 0 Å². The van der Waals surface area contributed by atoms with Gasteiger partial charge in [-0.15, -0.1) is 20.4 Å². The summed E-state index contributed by atoms with van der Waals surface area (Å²) in [6, 6.07) is 19.9. The van der Waals surface area contributed by atoms with E-state index >= 15 is 0 Å². The molecule has 0 aliphatic carbocycles. The zero-order chi connectivity index (χ0) is 29.3. The minimum Gasteiger partial charge on any atom is -0.380 e. The largest absolute Gasteiger partial charge is 0.380 e. The molecule has 2 aliphatic rings. The van der Waals surface area contributed by atoms with Crippen molar-refractivity contribution < 1.29 is 9.47 Å². The molecule has 2 atom stereocenters. The first-order valence-electron chi connectivity index (χ1n) is 14.2. The summed E-state index contributed by atoms with van der Waals surface area (Å²) in [4.78, 5) is 13.1. The summed E-state index contributed by atoms with van der Waals surface area (Å²) in [6.45, 7) is 3.47. The topological polar surface area (TPSA) is 154 Å². The molecule has 2 aromatic heterocycles. The Bertz CT molecular complexity index is 1320. The highest BCUT2D eigenvalue weighted by molar-refractivity contribution is 5.73. The summed E-state index contributed by atoms with van der Waals surface area (Å²) in [7, 11) is 3.50. The average molecular weight is 571 g/mol. The van der Waals surface area contributed by atoms with Crippen molar-refractivity contribution in [1.29, 1.82) is 0 Å². The van der Waals surface area contributed by atoms with Crippen molar-refractivity contribution in [3.8, 4) is 22.5 Å². The Hall–Kier alpha value is -4.42. The number of methoxy groups -OCH3 is 2. The highest BCUT2D eigenvalue weighted by atomic mass is 16.5. The van der Waals surface area contributed by atoms with Crippen molar-refractivity contribution in [3.63, 3.8) is 0 Å². The van der Waals surface area contributed by atoms with Gasteiger partial charge in [0.2, 0.25) is 11.9 Å². The lowest BCUT2D eigenvalue weighted by Gasteiger charge is -2.33. The highest BCUT2D eigenvalue weighted by Crippen LogP contribution is 2.30. The molecule has 0 spiro atoms. The smallest absolute Gasteiger partial charge is 0.240 e. The van der Waals surface area contributed by atoms with Crippen LogP contribution in [0.15, 0.2) is 60.7 Å². The minimum atomic E-state index is 0.193. The van der Waals surface area contributed by atoms with E-state index in [2.05, 4.69) is 40.2 Å². The first-order chi connectivity index (χ1) is 20.6. The van der Waals surface area contributed by atoms with Gasteiger partial charge in [-0.3, -0.25) is 0 Å². The first-order valence-corrected chi connectivity index (χ1v) is 14.2. The maximum atomic E-state index is 5.72. The number of nitrogens with zero attached hydrogens (tertiary/aromatic N) is 8. The molecule has 2 aliphatic heterocycles. The van der Waals surface area contributed by atoms with Crippen LogP contribution in [0.25, 0.3) is 22.5 Å². The Kier molecular flexibility index (Phi) is 9.67. The highest BCUT2D eigenvalue weighted by Gasteiger charge is 2.25. The normalized spacial score (nSPS) is 18.7. The van der Waals surface area contributed by atoms with Crippen molar-refractivity contribution in [2.75, 3.05) is 61.7 Å². The number of hydrogen-bond donors (Lipinski definition) is 2. The summed E-state index contributed by atoms with van der Waals surface area (Å²) in [5.74, 6) is 1.94. The van der Waals surface area contributed by atoms with E-state index in [0.717, 1.165) is 86.0 Å². The molecule has 2 unspecified atom stereocenters. The molecule has 4 aromatic rings. The van der Waals surface area contributed by atoms with Crippen LogP contribution in [0.4, 0.5) is 23.5 Å². The molecule has 0 bridgehead atoms. The molecule has 2 saturated heterocycles. The standard InChI is InChI=1S/2C15H19N5O/c2*1-21-12-8-5-9-20(10-12)14-13(17-15(16)19-18-14)11-6-3-2-4-7-11/h2*2-4,6-7,12H,5,8-10H2,1H3,(H2,16,17,19). The van der Waals surface area contributed by atoms with E-state index < -0.39 is 0 Å². The van der Waals surface area contributed by atoms with Gasteiger partial charge in [-0.2, -0.15) is 0 Å². The van der Waals surface area contributed by atoms with Crippen LogP contribution in [0, 0.1) is 0 Å². The molecular weight excluding hydrogens is 532 g/mol. The summed E-state index contributed by atoms with van der Waals surface area (Å²) < 4.78 is 11.0. The number of aromatic nitrogens is 6. The Morgan fingerprint density at radius 3 is 1.40 bits per heavy atom. The Labute approximate surface area is 246 Å². The maximum Gasteiger partial charge on any atom is 0.240 e. The van der Waals surface area contributed by atoms with E-state index in [1.165, 1.54) is 0 Å². The van der Waals surface area contributed by atoms with Crippen LogP contribution in [-0.4, -0.2) is 83.0 Å². The number of rotatable bonds is 6. The molecule has 4 N–H and O–H groups in total. The van der Waals surface area contributed by atoms with Crippen molar-refractivity contribution in [2.45, 2.75) is 37.9 Å². The molecule has 2 aromatic carbocycles. The van der Waals surface area contributed by atoms with E-state index in [9.17, 15) is 0 Å². The van der Waals surface area contributed by atoms with Crippen LogP contribution in [-0.2, 0) is 9.47 Å².